The Balaban J connectivity index is 1.51. The third-order valence-electron chi connectivity index (χ3n) is 4.99. The number of aryl methyl sites for hydroxylation is 1. The van der Waals surface area contributed by atoms with Crippen LogP contribution < -0.4 is 10.1 Å². The average molecular weight is 345 g/mol. The van der Waals surface area contributed by atoms with Gasteiger partial charge in [-0.05, 0) is 24.6 Å². The number of nitrogens with one attached hydrogen (secondary N) is 1. The molecule has 0 radical (unpaired) electrons. The molecule has 2 aliphatic rings. The van der Waals surface area contributed by atoms with Gasteiger partial charge in [-0.1, -0.05) is 12.1 Å². The van der Waals surface area contributed by atoms with Crippen molar-refractivity contribution >= 4 is 0 Å². The zero-order chi connectivity index (χ0) is 17.4. The Kier molecular flexibility index (Phi) is 4.47. The van der Waals surface area contributed by atoms with E-state index in [4.69, 9.17) is 14.2 Å². The van der Waals surface area contributed by atoms with Gasteiger partial charge in [0, 0.05) is 18.9 Å². The minimum atomic E-state index is -0.634. The van der Waals surface area contributed by atoms with Gasteiger partial charge in [0.25, 0.3) is 0 Å². The van der Waals surface area contributed by atoms with Crippen molar-refractivity contribution in [2.45, 2.75) is 44.1 Å². The third-order valence-corrected chi connectivity index (χ3v) is 4.99. The van der Waals surface area contributed by atoms with E-state index in [9.17, 15) is 5.11 Å². The lowest BCUT2D eigenvalue weighted by Gasteiger charge is -2.39. The van der Waals surface area contributed by atoms with Crippen LogP contribution in [0.2, 0.25) is 0 Å². The number of ether oxygens (including phenoxy) is 3. The van der Waals surface area contributed by atoms with Gasteiger partial charge < -0.3 is 29.2 Å². The van der Waals surface area contributed by atoms with E-state index in [0.717, 1.165) is 17.1 Å². The Morgan fingerprint density at radius 3 is 3.08 bits per heavy atom. The van der Waals surface area contributed by atoms with Crippen LogP contribution in [0, 0.1) is 6.92 Å². The molecule has 0 saturated carbocycles. The molecule has 0 amide bonds. The minimum absolute atomic E-state index is 0.161. The van der Waals surface area contributed by atoms with E-state index in [2.05, 4.69) is 10.3 Å². The van der Waals surface area contributed by atoms with Gasteiger partial charge >= 0.3 is 0 Å². The molecule has 2 fully saturated rings. The number of aromatic nitrogens is 2. The number of fused-ring (bicyclic) bond motifs is 2. The number of methoxy groups -OCH3 is 1. The fourth-order valence-corrected chi connectivity index (χ4v) is 3.67. The lowest BCUT2D eigenvalue weighted by molar-refractivity contribution is -0.165. The molecule has 0 aliphatic carbocycles. The summed E-state index contributed by atoms with van der Waals surface area (Å²) in [5.74, 6) is 1.64. The molecular formula is C18H23N3O4. The van der Waals surface area contributed by atoms with Gasteiger partial charge in [0.05, 0.1) is 25.9 Å². The van der Waals surface area contributed by atoms with Gasteiger partial charge in [0.2, 0.25) is 0 Å². The van der Waals surface area contributed by atoms with Crippen molar-refractivity contribution in [3.63, 3.8) is 0 Å². The molecule has 3 heterocycles. The molecule has 2 bridgehead atoms. The number of aliphatic hydroxyl groups excluding tert-OH is 1. The Morgan fingerprint density at radius 2 is 2.32 bits per heavy atom. The van der Waals surface area contributed by atoms with E-state index in [0.29, 0.717) is 13.2 Å². The maximum atomic E-state index is 11.0. The average Bonchev–Trinajstić information content (AvgIpc) is 3.23. The monoisotopic (exact) mass is 345 g/mol. The summed E-state index contributed by atoms with van der Waals surface area (Å²) in [5, 5.41) is 14.4. The van der Waals surface area contributed by atoms with Crippen molar-refractivity contribution in [2.75, 3.05) is 13.7 Å². The predicted molar refractivity (Wildman–Crippen MR) is 90.2 cm³/mol. The van der Waals surface area contributed by atoms with Crippen LogP contribution in [-0.2, 0) is 16.0 Å². The summed E-state index contributed by atoms with van der Waals surface area (Å²) < 4.78 is 18.9. The van der Waals surface area contributed by atoms with E-state index >= 15 is 0 Å². The first-order valence-electron chi connectivity index (χ1n) is 8.48. The molecule has 5 atom stereocenters. The highest BCUT2D eigenvalue weighted by Gasteiger charge is 2.50. The van der Waals surface area contributed by atoms with Crippen LogP contribution in [0.4, 0.5) is 0 Å². The standard InChI is InChI=1S/C18H23N3O4/c1-11-19-6-7-21(11)16-17(22)15(14-10-24-18(16)25-14)20-9-12-4-3-5-13(8-12)23-2/h3-8,14-18,20,22H,9-10H2,1-2H3/t14-,15-,16-,17+,18-/m1/s1. The fraction of sp³-hybridized carbons (Fsp3) is 0.500. The van der Waals surface area contributed by atoms with Crippen LogP contribution in [0.25, 0.3) is 0 Å². The molecule has 134 valence electrons. The summed E-state index contributed by atoms with van der Waals surface area (Å²) in [6.07, 6.45) is 2.34. The van der Waals surface area contributed by atoms with E-state index in [-0.39, 0.29) is 18.2 Å². The van der Waals surface area contributed by atoms with Crippen molar-refractivity contribution in [1.29, 1.82) is 0 Å². The van der Waals surface area contributed by atoms with E-state index in [1.165, 1.54) is 0 Å². The van der Waals surface area contributed by atoms with E-state index in [1.807, 2.05) is 42.0 Å². The Hall–Kier alpha value is -1.93. The molecule has 2 N–H and O–H groups in total. The van der Waals surface area contributed by atoms with Gasteiger partial charge in [-0.2, -0.15) is 0 Å². The van der Waals surface area contributed by atoms with Crippen LogP contribution in [0.1, 0.15) is 17.4 Å². The molecule has 1 aromatic heterocycles. The first kappa shape index (κ1) is 16.5. The molecule has 2 aliphatic heterocycles. The van der Waals surface area contributed by atoms with Gasteiger partial charge in [0.1, 0.15) is 23.7 Å². The molecule has 2 saturated heterocycles. The largest absolute Gasteiger partial charge is 0.497 e. The van der Waals surface area contributed by atoms with Crippen molar-refractivity contribution in [3.8, 4) is 5.75 Å². The van der Waals surface area contributed by atoms with Crippen LogP contribution in [0.5, 0.6) is 5.75 Å². The lowest BCUT2D eigenvalue weighted by Crippen LogP contribution is -2.57. The number of nitrogens with zero attached hydrogens (tertiary/aromatic N) is 2. The van der Waals surface area contributed by atoms with E-state index in [1.54, 1.807) is 13.3 Å². The molecule has 25 heavy (non-hydrogen) atoms. The van der Waals surface area contributed by atoms with E-state index < -0.39 is 12.4 Å². The summed E-state index contributed by atoms with van der Waals surface area (Å²) >= 11 is 0. The van der Waals surface area contributed by atoms with Crippen LogP contribution in [0.3, 0.4) is 0 Å². The zero-order valence-corrected chi connectivity index (χ0v) is 14.3. The van der Waals surface area contributed by atoms with Gasteiger partial charge in [-0.25, -0.2) is 4.98 Å². The number of imidazole rings is 1. The fourth-order valence-electron chi connectivity index (χ4n) is 3.67. The first-order valence-corrected chi connectivity index (χ1v) is 8.48. The summed E-state index contributed by atoms with van der Waals surface area (Å²) in [7, 11) is 1.65. The second-order valence-corrected chi connectivity index (χ2v) is 6.50. The Bertz CT molecular complexity index is 735. The predicted octanol–water partition coefficient (Wildman–Crippen LogP) is 1.02. The number of aliphatic hydroxyl groups is 1. The highest BCUT2D eigenvalue weighted by Crippen LogP contribution is 2.36. The second kappa shape index (κ2) is 6.76. The highest BCUT2D eigenvalue weighted by molar-refractivity contribution is 5.28. The normalized spacial score (nSPS) is 31.2. The lowest BCUT2D eigenvalue weighted by atomic mass is 9.95. The van der Waals surface area contributed by atoms with Crippen molar-refractivity contribution in [3.05, 3.63) is 48.0 Å². The molecule has 0 spiro atoms. The summed E-state index contributed by atoms with van der Waals surface area (Å²) in [6.45, 7) is 2.99. The first-order chi connectivity index (χ1) is 12.2. The second-order valence-electron chi connectivity index (χ2n) is 6.50. The molecule has 7 heteroatoms. The number of hydrogen-bond donors (Lipinski definition) is 2. The molecule has 0 unspecified atom stereocenters. The molecule has 1 aromatic carbocycles. The number of hydrogen-bond acceptors (Lipinski definition) is 6. The summed E-state index contributed by atoms with van der Waals surface area (Å²) in [5.41, 5.74) is 1.09. The maximum absolute atomic E-state index is 11.0. The van der Waals surface area contributed by atoms with Crippen LogP contribution >= 0.6 is 0 Å². The van der Waals surface area contributed by atoms with Crippen molar-refractivity contribution in [1.82, 2.24) is 14.9 Å². The van der Waals surface area contributed by atoms with Gasteiger partial charge in [-0.15, -0.1) is 0 Å². The summed E-state index contributed by atoms with van der Waals surface area (Å²) in [6, 6.07) is 7.33. The van der Waals surface area contributed by atoms with Gasteiger partial charge in [0.15, 0.2) is 6.29 Å². The van der Waals surface area contributed by atoms with Crippen molar-refractivity contribution in [2.24, 2.45) is 0 Å². The maximum Gasteiger partial charge on any atom is 0.181 e. The Labute approximate surface area is 146 Å². The highest BCUT2D eigenvalue weighted by atomic mass is 16.7. The molecule has 2 aromatic rings. The number of rotatable bonds is 5. The zero-order valence-electron chi connectivity index (χ0n) is 14.3. The molecular weight excluding hydrogens is 322 g/mol. The quantitative estimate of drug-likeness (QED) is 0.842. The smallest absolute Gasteiger partial charge is 0.181 e. The van der Waals surface area contributed by atoms with Crippen molar-refractivity contribution < 1.29 is 19.3 Å². The molecule has 4 rings (SSSR count). The summed E-state index contributed by atoms with van der Waals surface area (Å²) in [4.78, 5) is 4.25. The van der Waals surface area contributed by atoms with Crippen LogP contribution in [-0.4, -0.2) is 52.9 Å². The SMILES string of the molecule is COc1cccc(CN[C@H]2[C@H](O)[C@@H](n3ccnc3C)[C@@H]3OC[C@H]2O3)c1. The Morgan fingerprint density at radius 1 is 1.44 bits per heavy atom. The van der Waals surface area contributed by atoms with Crippen LogP contribution in [0.15, 0.2) is 36.7 Å². The third kappa shape index (κ3) is 3.04. The molecule has 7 nitrogen and oxygen atoms in total. The minimum Gasteiger partial charge on any atom is -0.497 e. The number of benzene rings is 1. The topological polar surface area (TPSA) is 77.8 Å². The van der Waals surface area contributed by atoms with Gasteiger partial charge in [-0.3, -0.25) is 0 Å².